The second-order valence-corrected chi connectivity index (χ2v) is 5.15. The van der Waals surface area contributed by atoms with Crippen LogP contribution in [0.4, 0.5) is 16.2 Å². The van der Waals surface area contributed by atoms with Gasteiger partial charge in [0.25, 0.3) is 0 Å². The van der Waals surface area contributed by atoms with Crippen LogP contribution in [0.1, 0.15) is 22.5 Å². The fraction of sp³-hybridized carbons (Fsp3) is 0.312. The van der Waals surface area contributed by atoms with Gasteiger partial charge >= 0.3 is 12.0 Å². The molecular weight excluding hydrogens is 280 g/mol. The molecule has 0 aliphatic rings. The maximum atomic E-state index is 12.2. The van der Waals surface area contributed by atoms with E-state index < -0.39 is 0 Å². The lowest BCUT2D eigenvalue weighted by molar-refractivity contribution is 0.262. The third kappa shape index (κ3) is 3.52. The van der Waals surface area contributed by atoms with Gasteiger partial charge in [0.15, 0.2) is 0 Å². The number of nitrogens with zero attached hydrogens (tertiary/aromatic N) is 2. The van der Waals surface area contributed by atoms with Crippen molar-refractivity contribution >= 4 is 17.4 Å². The number of hydrogen-bond donors (Lipinski definition) is 2. The molecular formula is C16H20N4O2. The molecule has 0 radical (unpaired) electrons. The van der Waals surface area contributed by atoms with E-state index in [0.717, 1.165) is 16.8 Å². The summed E-state index contributed by atoms with van der Waals surface area (Å²) in [7, 11) is 1.51. The van der Waals surface area contributed by atoms with E-state index in [1.807, 2.05) is 32.0 Å². The first-order chi connectivity index (χ1) is 10.4. The summed E-state index contributed by atoms with van der Waals surface area (Å²) in [5, 5.41) is 5.62. The lowest BCUT2D eigenvalue weighted by atomic mass is 10.1. The molecule has 1 aromatic carbocycles. The van der Waals surface area contributed by atoms with Crippen LogP contribution >= 0.6 is 0 Å². The Kier molecular flexibility index (Phi) is 4.60. The summed E-state index contributed by atoms with van der Waals surface area (Å²) >= 11 is 0. The molecule has 0 atom stereocenters. The average molecular weight is 300 g/mol. The fourth-order valence-corrected chi connectivity index (χ4v) is 2.18. The topological polar surface area (TPSA) is 76.1 Å². The summed E-state index contributed by atoms with van der Waals surface area (Å²) in [6.45, 7) is 7.56. The van der Waals surface area contributed by atoms with E-state index in [0.29, 0.717) is 17.1 Å². The van der Waals surface area contributed by atoms with E-state index in [9.17, 15) is 4.79 Å². The monoisotopic (exact) mass is 300 g/mol. The van der Waals surface area contributed by atoms with Gasteiger partial charge < -0.3 is 15.4 Å². The SMILES string of the molecule is COc1nc(C)c(NC(=O)Nc2ccc(C)cc2C)c(C)n1. The van der Waals surface area contributed by atoms with Crippen LogP contribution in [0.2, 0.25) is 0 Å². The smallest absolute Gasteiger partial charge is 0.323 e. The van der Waals surface area contributed by atoms with E-state index in [1.54, 1.807) is 13.8 Å². The Morgan fingerprint density at radius 1 is 1.05 bits per heavy atom. The van der Waals surface area contributed by atoms with Crippen LogP contribution in [0.15, 0.2) is 18.2 Å². The van der Waals surface area contributed by atoms with Gasteiger partial charge in [0.05, 0.1) is 24.2 Å². The number of urea groups is 1. The fourth-order valence-electron chi connectivity index (χ4n) is 2.18. The molecule has 2 N–H and O–H groups in total. The van der Waals surface area contributed by atoms with Crippen molar-refractivity contribution in [2.24, 2.45) is 0 Å². The molecule has 1 aromatic heterocycles. The molecule has 22 heavy (non-hydrogen) atoms. The third-order valence-corrected chi connectivity index (χ3v) is 3.30. The molecule has 2 rings (SSSR count). The predicted octanol–water partition coefficient (Wildman–Crippen LogP) is 3.36. The summed E-state index contributed by atoms with van der Waals surface area (Å²) in [4.78, 5) is 20.5. The number of carbonyl (C=O) groups excluding carboxylic acids is 1. The second-order valence-electron chi connectivity index (χ2n) is 5.15. The normalized spacial score (nSPS) is 10.2. The second kappa shape index (κ2) is 6.43. The first kappa shape index (κ1) is 15.8. The van der Waals surface area contributed by atoms with Gasteiger partial charge in [-0.1, -0.05) is 17.7 Å². The van der Waals surface area contributed by atoms with E-state index in [1.165, 1.54) is 7.11 Å². The van der Waals surface area contributed by atoms with Gasteiger partial charge in [0.2, 0.25) is 0 Å². The van der Waals surface area contributed by atoms with Crippen molar-refractivity contribution in [1.82, 2.24) is 9.97 Å². The molecule has 6 heteroatoms. The van der Waals surface area contributed by atoms with E-state index in [4.69, 9.17) is 4.74 Å². The zero-order chi connectivity index (χ0) is 16.3. The van der Waals surface area contributed by atoms with E-state index >= 15 is 0 Å². The van der Waals surface area contributed by atoms with Crippen molar-refractivity contribution in [1.29, 1.82) is 0 Å². The quantitative estimate of drug-likeness (QED) is 0.911. The molecule has 0 saturated carbocycles. The van der Waals surface area contributed by atoms with Gasteiger partial charge in [-0.3, -0.25) is 0 Å². The number of anilines is 2. The Bertz CT molecular complexity index is 690. The Balaban J connectivity index is 2.15. The van der Waals surface area contributed by atoms with Crippen LogP contribution in [0.25, 0.3) is 0 Å². The first-order valence-corrected chi connectivity index (χ1v) is 6.95. The summed E-state index contributed by atoms with van der Waals surface area (Å²) < 4.78 is 5.01. The van der Waals surface area contributed by atoms with Crippen LogP contribution in [-0.4, -0.2) is 23.1 Å². The molecule has 0 aliphatic carbocycles. The first-order valence-electron chi connectivity index (χ1n) is 6.95. The molecule has 1 heterocycles. The number of rotatable bonds is 3. The number of aromatic nitrogens is 2. The minimum atomic E-state index is -0.327. The van der Waals surface area contributed by atoms with Crippen molar-refractivity contribution in [3.63, 3.8) is 0 Å². The summed E-state index contributed by atoms with van der Waals surface area (Å²) in [5.41, 5.74) is 4.82. The Labute approximate surface area is 129 Å². The highest BCUT2D eigenvalue weighted by atomic mass is 16.5. The predicted molar refractivity (Wildman–Crippen MR) is 86.6 cm³/mol. The van der Waals surface area contributed by atoms with Crippen LogP contribution < -0.4 is 15.4 Å². The largest absolute Gasteiger partial charge is 0.467 e. The number of carbonyl (C=O) groups is 1. The van der Waals surface area contributed by atoms with Crippen LogP contribution in [-0.2, 0) is 0 Å². The molecule has 2 aromatic rings. The zero-order valence-electron chi connectivity index (χ0n) is 13.4. The summed E-state index contributed by atoms with van der Waals surface area (Å²) in [6.07, 6.45) is 0. The average Bonchev–Trinajstić information content (AvgIpc) is 2.45. The molecule has 0 spiro atoms. The molecule has 116 valence electrons. The van der Waals surface area contributed by atoms with Gasteiger partial charge in [-0.25, -0.2) is 4.79 Å². The minimum absolute atomic E-state index is 0.287. The molecule has 0 saturated heterocycles. The minimum Gasteiger partial charge on any atom is -0.467 e. The Morgan fingerprint density at radius 2 is 1.68 bits per heavy atom. The van der Waals surface area contributed by atoms with Gasteiger partial charge in [-0.2, -0.15) is 9.97 Å². The van der Waals surface area contributed by atoms with Gasteiger partial charge in [-0.15, -0.1) is 0 Å². The van der Waals surface area contributed by atoms with Crippen molar-refractivity contribution in [2.45, 2.75) is 27.7 Å². The number of amides is 2. The Morgan fingerprint density at radius 3 is 2.23 bits per heavy atom. The van der Waals surface area contributed by atoms with Crippen molar-refractivity contribution < 1.29 is 9.53 Å². The van der Waals surface area contributed by atoms with Crippen LogP contribution in [0.5, 0.6) is 6.01 Å². The summed E-state index contributed by atoms with van der Waals surface area (Å²) in [5.74, 6) is 0. The highest BCUT2D eigenvalue weighted by Gasteiger charge is 2.12. The van der Waals surface area contributed by atoms with Crippen LogP contribution in [0, 0.1) is 27.7 Å². The van der Waals surface area contributed by atoms with Crippen molar-refractivity contribution in [3.05, 3.63) is 40.7 Å². The molecule has 2 amide bonds. The standard InChI is InChI=1S/C16H20N4O2/c1-9-6-7-13(10(2)8-9)19-15(21)20-14-11(3)17-16(22-5)18-12(14)4/h6-8H,1-5H3,(H2,19,20,21). The number of nitrogens with one attached hydrogen (secondary N) is 2. The highest BCUT2D eigenvalue weighted by molar-refractivity contribution is 6.00. The molecule has 0 bridgehead atoms. The molecule has 0 fully saturated rings. The Hall–Kier alpha value is -2.63. The third-order valence-electron chi connectivity index (χ3n) is 3.30. The van der Waals surface area contributed by atoms with Gasteiger partial charge in [0, 0.05) is 5.69 Å². The number of ether oxygens (including phenoxy) is 1. The number of aryl methyl sites for hydroxylation is 4. The number of methoxy groups -OCH3 is 1. The van der Waals surface area contributed by atoms with E-state index in [-0.39, 0.29) is 12.0 Å². The van der Waals surface area contributed by atoms with Crippen LogP contribution in [0.3, 0.4) is 0 Å². The van der Waals surface area contributed by atoms with Gasteiger partial charge in [0.1, 0.15) is 0 Å². The lowest BCUT2D eigenvalue weighted by Gasteiger charge is -2.13. The lowest BCUT2D eigenvalue weighted by Crippen LogP contribution is -2.22. The number of hydrogen-bond acceptors (Lipinski definition) is 4. The molecule has 0 unspecified atom stereocenters. The highest BCUT2D eigenvalue weighted by Crippen LogP contribution is 2.20. The summed E-state index contributed by atoms with van der Waals surface area (Å²) in [6, 6.07) is 5.81. The van der Waals surface area contributed by atoms with Crippen molar-refractivity contribution in [3.8, 4) is 6.01 Å². The van der Waals surface area contributed by atoms with E-state index in [2.05, 4.69) is 20.6 Å². The zero-order valence-corrected chi connectivity index (χ0v) is 13.4. The maximum absolute atomic E-state index is 12.2. The maximum Gasteiger partial charge on any atom is 0.323 e. The molecule has 6 nitrogen and oxygen atoms in total. The van der Waals surface area contributed by atoms with Crippen molar-refractivity contribution in [2.75, 3.05) is 17.7 Å². The number of benzene rings is 1. The van der Waals surface area contributed by atoms with Gasteiger partial charge in [-0.05, 0) is 39.3 Å². The molecule has 0 aliphatic heterocycles.